The molecule has 0 fully saturated rings. The quantitative estimate of drug-likeness (QED) is 0.0282. The molecule has 0 saturated carbocycles. The number of aliphatic carboxylic acids is 1. The average molecular weight is 845 g/mol. The van der Waals surface area contributed by atoms with Crippen LogP contribution in [0.4, 0.5) is 0 Å². The van der Waals surface area contributed by atoms with Crippen LogP contribution in [0, 0.1) is 0 Å². The van der Waals surface area contributed by atoms with Gasteiger partial charge in [-0.3, -0.25) is 9.59 Å². The Hall–Kier alpha value is -2.71. The van der Waals surface area contributed by atoms with Gasteiger partial charge in [0.1, 0.15) is 6.61 Å². The van der Waals surface area contributed by atoms with Crippen LogP contribution in [0.2, 0.25) is 0 Å². The standard InChI is InChI=1S/C52H93NO7/c1-6-8-10-12-14-16-18-20-22-23-24-25-26-27-28-29-31-32-34-36-38-40-42-50(54)59-47-48(46-58-45-44-49(52(56)57)53(3,4)5)60-51(55)43-41-39-37-35-33-30-21-19-17-15-13-11-9-7-2/h9,11,15,17,23-24,26-27,48-49H,6-8,10,12-14,16,18-22,25,28-47H2,1-5H3/p+1/b11-9+,17-15+,24-23+,27-26+. The van der Waals surface area contributed by atoms with Crippen LogP contribution in [-0.4, -0.2) is 80.6 Å². The lowest BCUT2D eigenvalue weighted by atomic mass is 10.1. The zero-order chi connectivity index (χ0) is 44.2. The fourth-order valence-electron chi connectivity index (χ4n) is 7.16. The average Bonchev–Trinajstić information content (AvgIpc) is 3.21. The molecule has 1 N–H and O–H groups in total. The van der Waals surface area contributed by atoms with Gasteiger partial charge in [0.2, 0.25) is 0 Å². The maximum Gasteiger partial charge on any atom is 0.362 e. The summed E-state index contributed by atoms with van der Waals surface area (Å²) in [5.74, 6) is -1.48. The summed E-state index contributed by atoms with van der Waals surface area (Å²) < 4.78 is 17.3. The number of nitrogens with zero attached hydrogens (tertiary/aromatic N) is 1. The van der Waals surface area contributed by atoms with Crippen molar-refractivity contribution >= 4 is 17.9 Å². The molecule has 0 amide bonds. The number of ether oxygens (including phenoxy) is 3. The second-order valence-corrected chi connectivity index (χ2v) is 17.7. The molecule has 0 rings (SSSR count). The summed E-state index contributed by atoms with van der Waals surface area (Å²) in [5.41, 5.74) is 0. The second-order valence-electron chi connectivity index (χ2n) is 17.7. The van der Waals surface area contributed by atoms with E-state index in [9.17, 15) is 19.5 Å². The molecule has 0 bridgehead atoms. The number of likely N-dealkylation sites (N-methyl/N-ethyl adjacent to an activating group) is 1. The molecule has 0 aromatic rings. The van der Waals surface area contributed by atoms with Crippen LogP contribution in [0.25, 0.3) is 0 Å². The summed E-state index contributed by atoms with van der Waals surface area (Å²) in [6.45, 7) is 4.63. The third-order valence-electron chi connectivity index (χ3n) is 11.0. The minimum absolute atomic E-state index is 0.0549. The third-order valence-corrected chi connectivity index (χ3v) is 11.0. The molecule has 0 heterocycles. The van der Waals surface area contributed by atoms with E-state index in [1.807, 2.05) is 21.1 Å². The van der Waals surface area contributed by atoms with Crippen LogP contribution in [0.15, 0.2) is 48.6 Å². The molecule has 0 aromatic carbocycles. The Morgan fingerprint density at radius 2 is 0.933 bits per heavy atom. The first-order chi connectivity index (χ1) is 29.1. The monoisotopic (exact) mass is 845 g/mol. The molecule has 2 atom stereocenters. The number of rotatable bonds is 44. The van der Waals surface area contributed by atoms with Crippen molar-refractivity contribution in [3.63, 3.8) is 0 Å². The first kappa shape index (κ1) is 57.3. The predicted octanol–water partition coefficient (Wildman–Crippen LogP) is 14.0. The Balaban J connectivity index is 4.25. The van der Waals surface area contributed by atoms with Gasteiger partial charge in [0.05, 0.1) is 34.4 Å². The van der Waals surface area contributed by atoms with Crippen molar-refractivity contribution in [3.05, 3.63) is 48.6 Å². The fraction of sp³-hybridized carbons (Fsp3) is 0.788. The number of carbonyl (C=O) groups is 3. The Labute approximate surface area is 369 Å². The molecular formula is C52H94NO7+. The maximum atomic E-state index is 12.7. The summed E-state index contributed by atoms with van der Waals surface area (Å²) in [4.78, 5) is 37.1. The van der Waals surface area contributed by atoms with Crippen molar-refractivity contribution < 1.29 is 38.2 Å². The molecule has 0 aromatic heterocycles. The molecule has 0 aliphatic heterocycles. The van der Waals surface area contributed by atoms with Crippen LogP contribution >= 0.6 is 0 Å². The van der Waals surface area contributed by atoms with Gasteiger partial charge < -0.3 is 23.8 Å². The normalized spacial score (nSPS) is 13.3. The number of hydrogen-bond acceptors (Lipinski definition) is 6. The van der Waals surface area contributed by atoms with E-state index < -0.39 is 18.1 Å². The van der Waals surface area contributed by atoms with E-state index in [1.54, 1.807) is 0 Å². The highest BCUT2D eigenvalue weighted by molar-refractivity contribution is 5.72. The van der Waals surface area contributed by atoms with Crippen LogP contribution < -0.4 is 0 Å². The van der Waals surface area contributed by atoms with Gasteiger partial charge in [-0.1, -0.05) is 172 Å². The lowest BCUT2D eigenvalue weighted by Gasteiger charge is -2.31. The molecule has 348 valence electrons. The van der Waals surface area contributed by atoms with Gasteiger partial charge in [0.25, 0.3) is 0 Å². The number of carboxylic acid groups (broad SMARTS) is 1. The van der Waals surface area contributed by atoms with Crippen molar-refractivity contribution in [1.29, 1.82) is 0 Å². The number of hydrogen-bond donors (Lipinski definition) is 1. The molecule has 2 unspecified atom stereocenters. The van der Waals surface area contributed by atoms with Gasteiger partial charge in [0, 0.05) is 19.3 Å². The van der Waals surface area contributed by atoms with Crippen molar-refractivity contribution in [2.45, 2.75) is 225 Å². The fourth-order valence-corrected chi connectivity index (χ4v) is 7.16. The van der Waals surface area contributed by atoms with Crippen molar-refractivity contribution in [1.82, 2.24) is 0 Å². The molecule has 0 aliphatic rings. The summed E-state index contributed by atoms with van der Waals surface area (Å²) >= 11 is 0. The lowest BCUT2D eigenvalue weighted by molar-refractivity contribution is -0.887. The van der Waals surface area contributed by atoms with E-state index in [4.69, 9.17) is 14.2 Å². The van der Waals surface area contributed by atoms with Gasteiger partial charge >= 0.3 is 17.9 Å². The predicted molar refractivity (Wildman–Crippen MR) is 252 cm³/mol. The summed E-state index contributed by atoms with van der Waals surface area (Å²) in [6, 6.07) is -0.618. The van der Waals surface area contributed by atoms with Gasteiger partial charge in [-0.05, 0) is 70.6 Å². The highest BCUT2D eigenvalue weighted by Gasteiger charge is 2.31. The highest BCUT2D eigenvalue weighted by Crippen LogP contribution is 2.15. The van der Waals surface area contributed by atoms with Crippen molar-refractivity contribution in [2.75, 3.05) is 41.0 Å². The van der Waals surface area contributed by atoms with Crippen LogP contribution in [0.3, 0.4) is 0 Å². The van der Waals surface area contributed by atoms with Crippen LogP contribution in [0.1, 0.15) is 213 Å². The largest absolute Gasteiger partial charge is 0.477 e. The minimum Gasteiger partial charge on any atom is -0.477 e. The van der Waals surface area contributed by atoms with Crippen LogP contribution in [-0.2, 0) is 28.6 Å². The number of unbranched alkanes of at least 4 members (excludes halogenated alkanes) is 22. The Morgan fingerprint density at radius 1 is 0.517 bits per heavy atom. The number of quaternary nitrogens is 1. The third kappa shape index (κ3) is 40.7. The Kier molecular flexibility index (Phi) is 41.0. The number of carboxylic acids is 1. The van der Waals surface area contributed by atoms with Gasteiger partial charge in [-0.25, -0.2) is 4.79 Å². The van der Waals surface area contributed by atoms with E-state index in [0.717, 1.165) is 70.6 Å². The first-order valence-corrected chi connectivity index (χ1v) is 24.7. The molecule has 8 nitrogen and oxygen atoms in total. The summed E-state index contributed by atoms with van der Waals surface area (Å²) in [5, 5.41) is 9.64. The second kappa shape index (κ2) is 43.0. The van der Waals surface area contributed by atoms with Gasteiger partial charge in [-0.2, -0.15) is 0 Å². The van der Waals surface area contributed by atoms with Gasteiger partial charge in [0.15, 0.2) is 12.1 Å². The molecule has 0 saturated heterocycles. The van der Waals surface area contributed by atoms with Crippen LogP contribution in [0.5, 0.6) is 0 Å². The van der Waals surface area contributed by atoms with Gasteiger partial charge in [-0.15, -0.1) is 0 Å². The first-order valence-electron chi connectivity index (χ1n) is 24.7. The zero-order valence-electron chi connectivity index (χ0n) is 39.7. The number of esters is 2. The lowest BCUT2D eigenvalue weighted by Crippen LogP contribution is -2.50. The topological polar surface area (TPSA) is 99.1 Å². The SMILES string of the molecule is CC/C=C/C/C=C/CCCCCCCCCC(=O)OC(COCCC(C(=O)O)[N+](C)(C)C)COC(=O)CCCCCCCCC/C=C/C/C=C/CCCCCCCCCC. The molecule has 0 aliphatic carbocycles. The molecule has 0 spiro atoms. The molecular weight excluding hydrogens is 751 g/mol. The van der Waals surface area contributed by atoms with Crippen molar-refractivity contribution in [2.24, 2.45) is 0 Å². The van der Waals surface area contributed by atoms with Crippen molar-refractivity contribution in [3.8, 4) is 0 Å². The summed E-state index contributed by atoms with van der Waals surface area (Å²) in [7, 11) is 5.53. The Morgan fingerprint density at radius 3 is 1.37 bits per heavy atom. The van der Waals surface area contributed by atoms with E-state index in [2.05, 4.69) is 62.5 Å². The highest BCUT2D eigenvalue weighted by atomic mass is 16.6. The Bertz CT molecular complexity index is 1120. The molecule has 8 heteroatoms. The molecule has 0 radical (unpaired) electrons. The summed E-state index contributed by atoms with van der Waals surface area (Å²) in [6.07, 6.45) is 51.6. The van der Waals surface area contributed by atoms with E-state index in [-0.39, 0.29) is 36.2 Å². The van der Waals surface area contributed by atoms with E-state index in [1.165, 1.54) is 109 Å². The minimum atomic E-state index is -0.878. The van der Waals surface area contributed by atoms with E-state index in [0.29, 0.717) is 19.3 Å². The zero-order valence-corrected chi connectivity index (χ0v) is 39.7. The number of allylic oxidation sites excluding steroid dienone is 8. The molecule has 60 heavy (non-hydrogen) atoms. The maximum absolute atomic E-state index is 12.7. The van der Waals surface area contributed by atoms with E-state index >= 15 is 0 Å². The smallest absolute Gasteiger partial charge is 0.362 e. The number of carbonyl (C=O) groups excluding carboxylic acids is 2.